The van der Waals surface area contributed by atoms with E-state index < -0.39 is 24.3 Å². The molecule has 1 N–H and O–H groups in total. The smallest absolute Gasteiger partial charge is 0.416 e. The Morgan fingerprint density at radius 3 is 2.18 bits per heavy atom. The van der Waals surface area contributed by atoms with Gasteiger partial charge in [-0.1, -0.05) is 12.1 Å². The molecule has 50 heavy (non-hydrogen) atoms. The molecule has 1 aliphatic rings. The molecule has 0 unspecified atom stereocenters. The van der Waals surface area contributed by atoms with Crippen molar-refractivity contribution in [2.75, 3.05) is 31.5 Å². The summed E-state index contributed by atoms with van der Waals surface area (Å²) in [5.74, 6) is 0.159. The molecule has 0 aliphatic carbocycles. The molecule has 5 aromatic rings. The molecule has 3 aromatic carbocycles. The minimum atomic E-state index is -4.49. The molecule has 9 nitrogen and oxygen atoms in total. The van der Waals surface area contributed by atoms with E-state index in [2.05, 4.69) is 19.9 Å². The fourth-order valence-electron chi connectivity index (χ4n) is 5.55. The van der Waals surface area contributed by atoms with Gasteiger partial charge in [-0.15, -0.1) is 17.0 Å². The number of hydrogen-bond donors (Lipinski definition) is 1. The van der Waals surface area contributed by atoms with Crippen LogP contribution in [0.2, 0.25) is 0 Å². The van der Waals surface area contributed by atoms with Gasteiger partial charge in [0.05, 0.1) is 17.4 Å². The second kappa shape index (κ2) is 15.3. The van der Waals surface area contributed by atoms with Crippen molar-refractivity contribution < 1.29 is 41.0 Å². The highest BCUT2D eigenvalue weighted by Gasteiger charge is 2.30. The van der Waals surface area contributed by atoms with Crippen LogP contribution in [0, 0.1) is 0 Å². The number of fused-ring (bicyclic) bond motifs is 1. The maximum atomic E-state index is 13.5. The highest BCUT2D eigenvalue weighted by Crippen LogP contribution is 2.30. The maximum absolute atomic E-state index is 13.5. The van der Waals surface area contributed by atoms with E-state index in [-0.39, 0.29) is 40.1 Å². The van der Waals surface area contributed by atoms with Crippen molar-refractivity contribution in [2.24, 2.45) is 7.05 Å². The third-order valence-corrected chi connectivity index (χ3v) is 8.14. The predicted octanol–water partition coefficient (Wildman–Crippen LogP) is 7.77. The van der Waals surface area contributed by atoms with Gasteiger partial charge in [-0.05, 0) is 72.3 Å². The summed E-state index contributed by atoms with van der Waals surface area (Å²) in [6.45, 7) is 0.153. The van der Waals surface area contributed by atoms with Crippen molar-refractivity contribution >= 4 is 45.4 Å². The minimum absolute atomic E-state index is 0. The lowest BCUT2D eigenvalue weighted by Crippen LogP contribution is -2.48. The number of benzene rings is 3. The zero-order valence-electron chi connectivity index (χ0n) is 26.5. The van der Waals surface area contributed by atoms with Crippen LogP contribution >= 0.6 is 17.0 Å². The van der Waals surface area contributed by atoms with Crippen molar-refractivity contribution in [2.45, 2.75) is 19.3 Å². The summed E-state index contributed by atoms with van der Waals surface area (Å²) in [5, 5.41) is 3.39. The van der Waals surface area contributed by atoms with Crippen molar-refractivity contribution in [1.29, 1.82) is 0 Å². The summed E-state index contributed by atoms with van der Waals surface area (Å²) in [6, 6.07) is 20.7. The number of pyridine rings is 1. The number of nitrogens with one attached hydrogen (secondary N) is 1. The molecule has 3 heterocycles. The number of rotatable bonds is 9. The van der Waals surface area contributed by atoms with Crippen molar-refractivity contribution in [1.82, 2.24) is 19.4 Å². The monoisotopic (exact) mass is 759 g/mol. The van der Waals surface area contributed by atoms with Crippen LogP contribution < -0.4 is 14.8 Å². The number of nitrogens with zero attached hydrogens (tertiary/aromatic N) is 4. The zero-order chi connectivity index (χ0) is 34.7. The number of alkyl halides is 5. The van der Waals surface area contributed by atoms with Crippen LogP contribution in [0.1, 0.15) is 32.0 Å². The first kappa shape index (κ1) is 36.3. The number of piperazine rings is 1. The summed E-state index contributed by atoms with van der Waals surface area (Å²) in [4.78, 5) is 34.2. The van der Waals surface area contributed by atoms with E-state index in [0.29, 0.717) is 49.9 Å². The van der Waals surface area contributed by atoms with Gasteiger partial charge < -0.3 is 24.3 Å². The van der Waals surface area contributed by atoms with Gasteiger partial charge in [-0.2, -0.15) is 22.0 Å². The summed E-state index contributed by atoms with van der Waals surface area (Å²) in [7, 11) is 1.83. The number of hydrogen-bond acceptors (Lipinski definition) is 6. The highest BCUT2D eigenvalue weighted by molar-refractivity contribution is 8.93. The predicted molar refractivity (Wildman–Crippen MR) is 181 cm³/mol. The number of amides is 2. The van der Waals surface area contributed by atoms with Crippen molar-refractivity contribution in [3.8, 4) is 17.4 Å². The van der Waals surface area contributed by atoms with Crippen molar-refractivity contribution in [3.05, 3.63) is 114 Å². The Morgan fingerprint density at radius 1 is 0.880 bits per heavy atom. The van der Waals surface area contributed by atoms with Crippen molar-refractivity contribution in [3.63, 3.8) is 0 Å². The third kappa shape index (κ3) is 8.58. The molecule has 0 atom stereocenters. The molecule has 0 saturated carbocycles. The van der Waals surface area contributed by atoms with E-state index in [0.717, 1.165) is 40.7 Å². The molecule has 2 aromatic heterocycles. The molecule has 1 saturated heterocycles. The zero-order valence-corrected chi connectivity index (χ0v) is 28.2. The normalized spacial score (nSPS) is 13.6. The number of aryl methyl sites for hydroxylation is 1. The Kier molecular flexibility index (Phi) is 11.1. The van der Waals surface area contributed by atoms with Gasteiger partial charge in [0.2, 0.25) is 5.88 Å². The van der Waals surface area contributed by atoms with Crippen LogP contribution in [0.5, 0.6) is 17.4 Å². The lowest BCUT2D eigenvalue weighted by molar-refractivity contribution is -0.137. The first-order valence-corrected chi connectivity index (χ1v) is 15.2. The molecule has 1 fully saturated rings. The number of aromatic nitrogens is 2. The maximum Gasteiger partial charge on any atom is 0.416 e. The molecule has 2 amide bonds. The molecule has 1 aliphatic heterocycles. The van der Waals surface area contributed by atoms with Crippen LogP contribution in [0.25, 0.3) is 10.9 Å². The summed E-state index contributed by atoms with van der Waals surface area (Å²) in [6.07, 6.45) is -3.12. The first-order valence-electron chi connectivity index (χ1n) is 15.2. The van der Waals surface area contributed by atoms with Gasteiger partial charge in [0.1, 0.15) is 17.2 Å². The van der Waals surface area contributed by atoms with E-state index in [4.69, 9.17) is 4.74 Å². The number of ether oxygens (including phenoxy) is 2. The summed E-state index contributed by atoms with van der Waals surface area (Å²) < 4.78 is 75.4. The fourth-order valence-corrected chi connectivity index (χ4v) is 5.55. The SMILES string of the molecule is Br.Cn1c(C(=O)N2CCN(Cc3ccc(OC(F)F)cc3)CC2)cc2cc(Oc3ccc(NC(=O)c4ccc(C(F)(F)F)cc4)cn3)ccc21. The van der Waals surface area contributed by atoms with E-state index >= 15 is 0 Å². The van der Waals surface area contributed by atoms with Gasteiger partial charge in [0, 0.05) is 62.3 Å². The highest BCUT2D eigenvalue weighted by atomic mass is 79.9. The molecule has 0 radical (unpaired) electrons. The molecular weight excluding hydrogens is 729 g/mol. The summed E-state index contributed by atoms with van der Waals surface area (Å²) >= 11 is 0. The first-order chi connectivity index (χ1) is 23.4. The van der Waals surface area contributed by atoms with Gasteiger partial charge >= 0.3 is 12.8 Å². The largest absolute Gasteiger partial charge is 0.439 e. The number of anilines is 1. The van der Waals surface area contributed by atoms with Crippen LogP contribution in [0.4, 0.5) is 27.6 Å². The Morgan fingerprint density at radius 2 is 1.56 bits per heavy atom. The quantitative estimate of drug-likeness (QED) is 0.155. The van der Waals surface area contributed by atoms with Gasteiger partial charge in [-0.3, -0.25) is 14.5 Å². The second-order valence-corrected chi connectivity index (χ2v) is 11.4. The number of carbonyl (C=O) groups excluding carboxylic acids is 2. The standard InChI is InChI=1S/C35H30F5N5O4.BrH/c1-43-29-12-11-28(48-31-13-8-26(20-41-31)42-32(46)23-4-6-25(7-5-23)35(38,39)40)18-24(29)19-30(43)33(47)45-16-14-44(15-17-45)21-22-2-9-27(10-3-22)49-34(36)37;/h2-13,18-20,34H,14-17,21H2,1H3,(H,42,46);1H. The van der Waals surface area contributed by atoms with Gasteiger partial charge in [-0.25, -0.2) is 4.98 Å². The molecular formula is C35H31BrF5N5O4. The summed E-state index contributed by atoms with van der Waals surface area (Å²) in [5.41, 5.74) is 1.88. The third-order valence-electron chi connectivity index (χ3n) is 8.14. The molecule has 262 valence electrons. The van der Waals surface area contributed by atoms with E-state index in [1.807, 2.05) is 28.6 Å². The molecule has 6 rings (SSSR count). The number of halogens is 6. The molecule has 15 heteroatoms. The van der Waals surface area contributed by atoms with Gasteiger partial charge in [0.25, 0.3) is 11.8 Å². The Balaban J connectivity index is 0.00000486. The van der Waals surface area contributed by atoms with Crippen LogP contribution in [-0.4, -0.2) is 64.0 Å². The van der Waals surface area contributed by atoms with E-state index in [1.54, 1.807) is 36.4 Å². The lowest BCUT2D eigenvalue weighted by Gasteiger charge is -2.34. The van der Waals surface area contributed by atoms with E-state index in [1.165, 1.54) is 18.3 Å². The molecule has 0 bridgehead atoms. The average molecular weight is 761 g/mol. The Bertz CT molecular complexity index is 1940. The second-order valence-electron chi connectivity index (χ2n) is 11.4. The van der Waals surface area contributed by atoms with Crippen LogP contribution in [-0.2, 0) is 19.8 Å². The topological polar surface area (TPSA) is 88.9 Å². The fraction of sp³-hybridized carbons (Fsp3) is 0.229. The van der Waals surface area contributed by atoms with E-state index in [9.17, 15) is 31.5 Å². The number of carbonyl (C=O) groups is 2. The Hall–Kier alpha value is -5.02. The van der Waals surface area contributed by atoms with Gasteiger partial charge in [0.15, 0.2) is 0 Å². The Labute approximate surface area is 294 Å². The molecule has 0 spiro atoms. The average Bonchev–Trinajstić information content (AvgIpc) is 3.41. The van der Waals surface area contributed by atoms with Crippen LogP contribution in [0.15, 0.2) is 91.1 Å². The lowest BCUT2D eigenvalue weighted by atomic mass is 10.1. The van der Waals surface area contributed by atoms with Crippen LogP contribution in [0.3, 0.4) is 0 Å². The minimum Gasteiger partial charge on any atom is -0.439 e.